The van der Waals surface area contributed by atoms with Crippen LogP contribution >= 0.6 is 0 Å². The summed E-state index contributed by atoms with van der Waals surface area (Å²) in [6, 6.07) is 40.7. The lowest BCUT2D eigenvalue weighted by Gasteiger charge is -2.23. The number of fused-ring (bicyclic) bond motifs is 6. The second-order valence-electron chi connectivity index (χ2n) is 14.2. The molecule has 10 rings (SSSR count). The van der Waals surface area contributed by atoms with E-state index >= 15 is 0 Å². The molecule has 2 aliphatic carbocycles. The Kier molecular flexibility index (Phi) is 7.67. The quantitative estimate of drug-likeness (QED) is 0.182. The zero-order valence-corrected chi connectivity index (χ0v) is 29.0. The van der Waals surface area contributed by atoms with Crippen molar-refractivity contribution in [3.8, 4) is 11.1 Å². The largest absolute Gasteiger partial charge is 0.460 e. The van der Waals surface area contributed by atoms with Gasteiger partial charge in [0.25, 0.3) is 0 Å². The molecule has 0 saturated carbocycles. The molecule has 0 amide bonds. The lowest BCUT2D eigenvalue weighted by Crippen LogP contribution is -2.18. The molecule has 0 spiro atoms. The van der Waals surface area contributed by atoms with E-state index in [1.54, 1.807) is 0 Å². The monoisotopic (exact) mass is 674 g/mol. The van der Waals surface area contributed by atoms with Gasteiger partial charge in [0.2, 0.25) is 0 Å². The summed E-state index contributed by atoms with van der Waals surface area (Å²) in [6.45, 7) is 0. The molecule has 4 nitrogen and oxygen atoms in total. The zero-order valence-electron chi connectivity index (χ0n) is 29.0. The van der Waals surface area contributed by atoms with Gasteiger partial charge in [-0.25, -0.2) is 4.99 Å². The first-order chi connectivity index (χ1) is 25.7. The Morgan fingerprint density at radius 2 is 1.40 bits per heavy atom. The molecule has 3 aliphatic rings. The summed E-state index contributed by atoms with van der Waals surface area (Å²) in [5.74, 6) is 1.86. The molecule has 52 heavy (non-hydrogen) atoms. The van der Waals surface area contributed by atoms with Crippen molar-refractivity contribution in [3.63, 3.8) is 0 Å². The molecule has 4 heteroatoms. The number of nitrogens with zero attached hydrogens (tertiary/aromatic N) is 2. The fraction of sp³-hybridized carbons (Fsp3) is 0.167. The first-order valence-electron chi connectivity index (χ1n) is 18.6. The number of aliphatic imine (C=N–C) groups is 2. The molecule has 3 heterocycles. The molecule has 0 saturated heterocycles. The SMILES string of the molecule is C1=Cc2c(oc3cc(/C4=N/C(c5ccccc5)=N\C(C5=CC=C(c6ccccc6)CC5)CCC4)cc(-c4ccc5oc6ccccc6c5c4)c23)CC1. The van der Waals surface area contributed by atoms with Crippen LogP contribution in [0, 0.1) is 0 Å². The Labute approximate surface area is 303 Å². The topological polar surface area (TPSA) is 51.0 Å². The molecule has 2 aromatic heterocycles. The molecular weight excluding hydrogens is 637 g/mol. The van der Waals surface area contributed by atoms with Gasteiger partial charge in [-0.05, 0) is 96.7 Å². The highest BCUT2D eigenvalue weighted by molar-refractivity contribution is 6.16. The molecule has 7 aromatic rings. The van der Waals surface area contributed by atoms with E-state index in [4.69, 9.17) is 18.8 Å². The second-order valence-corrected chi connectivity index (χ2v) is 14.2. The molecule has 0 bridgehead atoms. The number of hydrogen-bond donors (Lipinski definition) is 0. The zero-order chi connectivity index (χ0) is 34.4. The van der Waals surface area contributed by atoms with Crippen molar-refractivity contribution in [2.75, 3.05) is 0 Å². The maximum absolute atomic E-state index is 6.66. The van der Waals surface area contributed by atoms with E-state index in [1.165, 1.54) is 22.3 Å². The molecule has 252 valence electrons. The van der Waals surface area contributed by atoms with Gasteiger partial charge in [-0.2, -0.15) is 0 Å². The lowest BCUT2D eigenvalue weighted by molar-refractivity contribution is 0.546. The molecule has 0 radical (unpaired) electrons. The molecule has 5 aromatic carbocycles. The van der Waals surface area contributed by atoms with Crippen molar-refractivity contribution in [1.82, 2.24) is 0 Å². The fourth-order valence-corrected chi connectivity index (χ4v) is 8.28. The third kappa shape index (κ3) is 5.56. The van der Waals surface area contributed by atoms with Gasteiger partial charge in [-0.3, -0.25) is 4.99 Å². The van der Waals surface area contributed by atoms with E-state index in [1.807, 2.05) is 12.1 Å². The minimum atomic E-state index is 0.104. The summed E-state index contributed by atoms with van der Waals surface area (Å²) in [7, 11) is 0. The summed E-state index contributed by atoms with van der Waals surface area (Å²) in [4.78, 5) is 10.9. The van der Waals surface area contributed by atoms with E-state index in [0.717, 1.165) is 117 Å². The average Bonchev–Trinajstić information content (AvgIpc) is 3.76. The predicted octanol–water partition coefficient (Wildman–Crippen LogP) is 12.6. The Balaban J connectivity index is 1.11. The van der Waals surface area contributed by atoms with Crippen LogP contribution in [0.4, 0.5) is 0 Å². The second kappa shape index (κ2) is 13.0. The van der Waals surface area contributed by atoms with E-state index in [0.29, 0.717) is 0 Å². The fourth-order valence-electron chi connectivity index (χ4n) is 8.28. The number of benzene rings is 5. The van der Waals surface area contributed by atoms with Crippen LogP contribution in [0.1, 0.15) is 66.5 Å². The Bertz CT molecular complexity index is 2650. The minimum absolute atomic E-state index is 0.104. The van der Waals surface area contributed by atoms with Gasteiger partial charge in [0, 0.05) is 39.3 Å². The normalized spacial score (nSPS) is 19.7. The third-order valence-electron chi connectivity index (χ3n) is 10.9. The highest BCUT2D eigenvalue weighted by atomic mass is 16.3. The van der Waals surface area contributed by atoms with Crippen molar-refractivity contribution in [1.29, 1.82) is 0 Å². The Morgan fingerprint density at radius 1 is 0.596 bits per heavy atom. The van der Waals surface area contributed by atoms with Gasteiger partial charge in [-0.1, -0.05) is 109 Å². The maximum atomic E-state index is 6.66. The smallest absolute Gasteiger partial charge is 0.155 e. The van der Waals surface area contributed by atoms with E-state index < -0.39 is 0 Å². The lowest BCUT2D eigenvalue weighted by atomic mass is 9.87. The van der Waals surface area contributed by atoms with Crippen molar-refractivity contribution < 1.29 is 8.83 Å². The number of amidine groups is 1. The van der Waals surface area contributed by atoms with Crippen LogP contribution in [-0.4, -0.2) is 17.6 Å². The number of hydrogen-bond acceptors (Lipinski definition) is 4. The van der Waals surface area contributed by atoms with Gasteiger partial charge >= 0.3 is 0 Å². The van der Waals surface area contributed by atoms with Gasteiger partial charge in [-0.15, -0.1) is 0 Å². The van der Waals surface area contributed by atoms with Gasteiger partial charge in [0.05, 0.1) is 11.8 Å². The minimum Gasteiger partial charge on any atom is -0.460 e. The summed E-state index contributed by atoms with van der Waals surface area (Å²) in [5, 5.41) is 3.41. The van der Waals surface area contributed by atoms with Crippen LogP contribution < -0.4 is 0 Å². The first kappa shape index (κ1) is 30.8. The number of furan rings is 2. The van der Waals surface area contributed by atoms with E-state index in [2.05, 4.69) is 127 Å². The molecule has 1 aliphatic heterocycles. The highest BCUT2D eigenvalue weighted by Gasteiger charge is 2.24. The third-order valence-corrected chi connectivity index (χ3v) is 10.9. The molecule has 0 fully saturated rings. The number of aryl methyl sites for hydroxylation is 1. The van der Waals surface area contributed by atoms with Crippen LogP contribution in [0.3, 0.4) is 0 Å². The summed E-state index contributed by atoms with van der Waals surface area (Å²) < 4.78 is 12.9. The first-order valence-corrected chi connectivity index (χ1v) is 18.6. The van der Waals surface area contributed by atoms with Gasteiger partial charge in [0.15, 0.2) is 5.84 Å². The predicted molar refractivity (Wildman–Crippen MR) is 215 cm³/mol. The molecular formula is C48H38N2O2. The van der Waals surface area contributed by atoms with Crippen LogP contribution in [0.5, 0.6) is 0 Å². The Hall–Kier alpha value is -6.00. The molecule has 0 N–H and O–H groups in total. The molecule has 1 atom stereocenters. The van der Waals surface area contributed by atoms with Crippen molar-refractivity contribution in [3.05, 3.63) is 167 Å². The number of para-hydroxylation sites is 1. The summed E-state index contributed by atoms with van der Waals surface area (Å²) in [6.07, 6.45) is 15.9. The standard InChI is InChI=1S/C48H38N2O2/c1-3-12-31(13-4-1)32-22-24-33(25-23-32)41-18-11-19-42(50-48(49-41)34-14-5-2-6-15-34)36-29-39(47-38-17-8-10-21-44(38)52-46(47)30-36)35-26-27-45-40(28-35)37-16-7-9-20-43(37)51-45/h1-9,12-17,20,22,24,26-30,41H,10-11,18-19,21,23,25H2/b49-48-,50-42+. The van der Waals surface area contributed by atoms with Crippen LogP contribution in [0.25, 0.3) is 55.7 Å². The van der Waals surface area contributed by atoms with Crippen LogP contribution in [-0.2, 0) is 6.42 Å². The number of rotatable bonds is 5. The van der Waals surface area contributed by atoms with Crippen LogP contribution in [0.2, 0.25) is 0 Å². The van der Waals surface area contributed by atoms with Crippen molar-refractivity contribution >= 4 is 56.1 Å². The summed E-state index contributed by atoms with van der Waals surface area (Å²) >= 11 is 0. The van der Waals surface area contributed by atoms with Crippen molar-refractivity contribution in [2.24, 2.45) is 9.98 Å². The summed E-state index contributed by atoms with van der Waals surface area (Å²) in [5.41, 5.74) is 13.5. The van der Waals surface area contributed by atoms with Crippen molar-refractivity contribution in [2.45, 2.75) is 51.0 Å². The Morgan fingerprint density at radius 3 is 2.25 bits per heavy atom. The van der Waals surface area contributed by atoms with E-state index in [9.17, 15) is 0 Å². The van der Waals surface area contributed by atoms with E-state index in [-0.39, 0.29) is 6.04 Å². The number of allylic oxidation sites excluding steroid dienone is 4. The van der Waals surface area contributed by atoms with Crippen LogP contribution in [0.15, 0.2) is 158 Å². The van der Waals surface area contributed by atoms with Gasteiger partial charge in [0.1, 0.15) is 22.5 Å². The average molecular weight is 675 g/mol. The molecule has 1 unspecified atom stereocenters. The van der Waals surface area contributed by atoms with Gasteiger partial charge < -0.3 is 8.83 Å². The maximum Gasteiger partial charge on any atom is 0.155 e. The highest BCUT2D eigenvalue weighted by Crippen LogP contribution is 2.41.